The monoisotopic (exact) mass is 1360 g/mol. The molecule has 0 fully saturated rings. The first-order valence-corrected chi connectivity index (χ1v) is 36.4. The Balaban J connectivity index is 0.681. The molecular weight excluding hydrogens is 1300 g/mol. The number of para-hydroxylation sites is 6. The molecule has 22 rings (SSSR count). The number of allylic oxidation sites excluding steroid dienone is 3. The van der Waals surface area contributed by atoms with E-state index in [0.717, 1.165) is 180 Å². The lowest BCUT2D eigenvalue weighted by Gasteiger charge is -2.29. The molecule has 0 spiro atoms. The molecule has 0 saturated heterocycles. The van der Waals surface area contributed by atoms with Crippen LogP contribution in [0, 0.1) is 0 Å². The van der Waals surface area contributed by atoms with Gasteiger partial charge in [-0.05, 0) is 232 Å². The molecule has 106 heavy (non-hydrogen) atoms. The van der Waals surface area contributed by atoms with E-state index in [1.165, 1.54) is 32.7 Å². The Morgan fingerprint density at radius 1 is 0.321 bits per heavy atom. The molecule has 8 nitrogen and oxygen atoms in total. The van der Waals surface area contributed by atoms with Gasteiger partial charge in [-0.3, -0.25) is 0 Å². The Morgan fingerprint density at radius 2 is 0.802 bits per heavy atom. The van der Waals surface area contributed by atoms with Gasteiger partial charge in [-0.15, -0.1) is 0 Å². The minimum Gasteiger partial charge on any atom is -0.485 e. The zero-order valence-electron chi connectivity index (χ0n) is 57.5. The molecule has 0 radical (unpaired) electrons. The highest BCUT2D eigenvalue weighted by Crippen LogP contribution is 2.47. The third kappa shape index (κ3) is 9.97. The molecule has 2 unspecified atom stereocenters. The number of fused-ring (bicyclic) bond motifs is 13. The highest BCUT2D eigenvalue weighted by Gasteiger charge is 2.28. The zero-order valence-corrected chi connectivity index (χ0v) is 57.5. The summed E-state index contributed by atoms with van der Waals surface area (Å²) in [5, 5.41) is 14.9. The number of furan rings is 3. The summed E-state index contributed by atoms with van der Waals surface area (Å²) in [5.41, 5.74) is 20.1. The first-order valence-electron chi connectivity index (χ1n) is 36.4. The topological polar surface area (TPSA) is 65.0 Å². The second kappa shape index (κ2) is 23.9. The zero-order chi connectivity index (χ0) is 69.5. The number of benzene rings is 15. The van der Waals surface area contributed by atoms with Crippen LogP contribution in [0.15, 0.2) is 371 Å². The standard InChI is InChI=1S/C98H64N4O4/c1-3-19-75(20-4-1)101-87-53-73-52-86-84-46-44-82(100(78-39-33-62(34-40-78)96-56-68-16-8-12-24-92(68)104-96)80-42-36-64-48-72(30-28-66(64)50-80)98-58-70-18-10-14-26-94(70)106-98)60-90(84)102(76-21-5-2-6-22-76)88(86)54-74(73)51-85(87)83-45-43-81(59-89(83)101)99(77-37-31-61(32-38-77)95-55-67-15-7-11-23-91(67)103-95)79-41-35-63-47-71(29-27-65(63)49-79)97-57-69-17-9-13-25-93(69)105-97/h1-33,35-57,59-60,62,98H,34,58H2. The van der Waals surface area contributed by atoms with Gasteiger partial charge in [-0.1, -0.05) is 170 Å². The van der Waals surface area contributed by atoms with Gasteiger partial charge in [-0.25, -0.2) is 0 Å². The molecule has 0 bridgehead atoms. The molecule has 1 aliphatic heterocycles. The van der Waals surface area contributed by atoms with Gasteiger partial charge in [0.15, 0.2) is 0 Å². The lowest BCUT2D eigenvalue weighted by molar-refractivity contribution is 0.239. The van der Waals surface area contributed by atoms with Crippen molar-refractivity contribution in [3.63, 3.8) is 0 Å². The van der Waals surface area contributed by atoms with Crippen LogP contribution in [0.2, 0.25) is 0 Å². The summed E-state index contributed by atoms with van der Waals surface area (Å²) >= 11 is 0. The Kier molecular flexibility index (Phi) is 13.5. The van der Waals surface area contributed by atoms with Gasteiger partial charge in [0.2, 0.25) is 0 Å². The van der Waals surface area contributed by atoms with E-state index in [1.807, 2.05) is 30.3 Å². The summed E-state index contributed by atoms with van der Waals surface area (Å²) in [6.07, 6.45) is 8.61. The van der Waals surface area contributed by atoms with Crippen molar-refractivity contribution in [2.45, 2.75) is 24.9 Å². The highest BCUT2D eigenvalue weighted by atomic mass is 16.5. The van der Waals surface area contributed by atoms with Crippen molar-refractivity contribution < 1.29 is 18.0 Å². The van der Waals surface area contributed by atoms with Crippen LogP contribution in [-0.2, 0) is 6.42 Å². The maximum Gasteiger partial charge on any atom is 0.135 e. The molecule has 1 aliphatic carbocycles. The third-order valence-corrected chi connectivity index (χ3v) is 22.0. The second-order valence-corrected chi connectivity index (χ2v) is 28.3. The van der Waals surface area contributed by atoms with Crippen LogP contribution >= 0.6 is 0 Å². The van der Waals surface area contributed by atoms with Gasteiger partial charge >= 0.3 is 0 Å². The highest BCUT2D eigenvalue weighted by molar-refractivity contribution is 6.19. The Labute approximate surface area is 609 Å². The maximum atomic E-state index is 6.51. The summed E-state index contributed by atoms with van der Waals surface area (Å²) < 4.78 is 30.7. The van der Waals surface area contributed by atoms with Gasteiger partial charge in [-0.2, -0.15) is 0 Å². The first-order chi connectivity index (χ1) is 52.4. The largest absolute Gasteiger partial charge is 0.485 e. The summed E-state index contributed by atoms with van der Waals surface area (Å²) in [6.45, 7) is 0. The van der Waals surface area contributed by atoms with Crippen LogP contribution < -0.4 is 14.5 Å². The van der Waals surface area contributed by atoms with E-state index in [-0.39, 0.29) is 12.0 Å². The maximum absolute atomic E-state index is 6.51. The number of hydrogen-bond acceptors (Lipinski definition) is 6. The second-order valence-electron chi connectivity index (χ2n) is 28.3. The van der Waals surface area contributed by atoms with Gasteiger partial charge in [0, 0.05) is 107 Å². The summed E-state index contributed by atoms with van der Waals surface area (Å²) in [4.78, 5) is 4.82. The normalized spacial score (nSPS) is 14.4. The number of nitrogens with zero attached hydrogens (tertiary/aromatic N) is 4. The number of rotatable bonds is 12. The average Bonchev–Trinajstić information content (AvgIpc) is 1.58. The lowest BCUT2D eigenvalue weighted by Crippen LogP contribution is -2.17. The van der Waals surface area contributed by atoms with E-state index < -0.39 is 0 Å². The molecule has 500 valence electrons. The van der Waals surface area contributed by atoms with Crippen LogP contribution in [0.5, 0.6) is 5.75 Å². The van der Waals surface area contributed by atoms with Crippen molar-refractivity contribution in [3.05, 3.63) is 374 Å². The minimum absolute atomic E-state index is 0.0220. The molecule has 0 amide bonds. The molecule has 2 aliphatic rings. The SMILES string of the molecule is C1=CC(c2cc3ccccc3o2)CC=C1N(c1ccc2cc(C3Cc4ccccc4O3)ccc2c1)c1ccc2c3cc4cc5c(cc4cc3n(-c3ccccc3)c2c1)c1ccc(N(c2ccc(-c3cc4ccccc4o3)cc2)c2ccc3cc(-c4cc6ccccc6o4)ccc3c2)cc1n5-c1ccccc1. The fourth-order valence-electron chi connectivity index (χ4n) is 16.8. The van der Waals surface area contributed by atoms with Crippen molar-refractivity contribution in [3.8, 4) is 39.8 Å². The van der Waals surface area contributed by atoms with Crippen LogP contribution in [0.4, 0.5) is 28.4 Å². The summed E-state index contributed by atoms with van der Waals surface area (Å²) in [5.74, 6) is 3.74. The fraction of sp³-hybridized carbons (Fsp3) is 0.0408. The lowest BCUT2D eigenvalue weighted by atomic mass is 9.95. The van der Waals surface area contributed by atoms with E-state index in [9.17, 15) is 0 Å². The molecule has 8 heteroatoms. The van der Waals surface area contributed by atoms with Crippen molar-refractivity contribution in [2.24, 2.45) is 0 Å². The Morgan fingerprint density at radius 3 is 1.41 bits per heavy atom. The summed E-state index contributed by atoms with van der Waals surface area (Å²) in [7, 11) is 0. The van der Waals surface area contributed by atoms with E-state index in [4.69, 9.17) is 18.0 Å². The van der Waals surface area contributed by atoms with Crippen LogP contribution in [0.3, 0.4) is 0 Å². The molecule has 0 N–H and O–H groups in total. The van der Waals surface area contributed by atoms with Crippen LogP contribution in [0.1, 0.15) is 35.3 Å². The minimum atomic E-state index is -0.0220. The quantitative estimate of drug-likeness (QED) is 0.121. The molecule has 20 aromatic rings. The molecule has 5 aromatic heterocycles. The summed E-state index contributed by atoms with van der Waals surface area (Å²) in [6, 6.07) is 121. The molecule has 15 aromatic carbocycles. The Bertz CT molecular complexity index is 6900. The van der Waals surface area contributed by atoms with Crippen molar-refractivity contribution in [1.82, 2.24) is 9.13 Å². The first kappa shape index (κ1) is 59.8. The van der Waals surface area contributed by atoms with Crippen LogP contribution in [0.25, 0.3) is 143 Å². The number of ether oxygens (including phenoxy) is 1. The van der Waals surface area contributed by atoms with Crippen molar-refractivity contribution >= 4 is 137 Å². The molecule has 0 saturated carbocycles. The van der Waals surface area contributed by atoms with Gasteiger partial charge < -0.3 is 36.9 Å². The molecular formula is C98H64N4O4. The molecule has 2 atom stereocenters. The molecule has 6 heterocycles. The number of anilines is 5. The predicted octanol–water partition coefficient (Wildman–Crippen LogP) is 26.8. The van der Waals surface area contributed by atoms with Gasteiger partial charge in [0.1, 0.15) is 45.9 Å². The van der Waals surface area contributed by atoms with E-state index in [0.29, 0.717) is 0 Å². The van der Waals surface area contributed by atoms with E-state index in [1.54, 1.807) is 0 Å². The van der Waals surface area contributed by atoms with Gasteiger partial charge in [0.05, 0.1) is 22.1 Å². The van der Waals surface area contributed by atoms with Crippen molar-refractivity contribution in [2.75, 3.05) is 9.80 Å². The fourth-order valence-corrected chi connectivity index (χ4v) is 16.8. The predicted molar refractivity (Wildman–Crippen MR) is 436 cm³/mol. The van der Waals surface area contributed by atoms with Crippen molar-refractivity contribution in [1.29, 1.82) is 0 Å². The van der Waals surface area contributed by atoms with Gasteiger partial charge in [0.25, 0.3) is 0 Å². The van der Waals surface area contributed by atoms with E-state index >= 15 is 0 Å². The average molecular weight is 1360 g/mol. The van der Waals surface area contributed by atoms with Crippen LogP contribution in [-0.4, -0.2) is 9.13 Å². The third-order valence-electron chi connectivity index (χ3n) is 22.0. The van der Waals surface area contributed by atoms with E-state index in [2.05, 4.69) is 340 Å². The smallest absolute Gasteiger partial charge is 0.135 e. The Hall–Kier alpha value is -13.8. The number of aromatic nitrogens is 2. The number of hydrogen-bond donors (Lipinski definition) is 0.